The molecule has 0 aliphatic rings. The number of nitro benzene ring substituents is 2. The number of aromatic nitrogens is 1. The number of rotatable bonds is 14. The van der Waals surface area contributed by atoms with Gasteiger partial charge >= 0.3 is 5.69 Å². The fourth-order valence-electron chi connectivity index (χ4n) is 4.16. The van der Waals surface area contributed by atoms with Crippen LogP contribution in [-0.4, -0.2) is 77.1 Å². The highest BCUT2D eigenvalue weighted by Gasteiger charge is 2.26. The fourth-order valence-corrected chi connectivity index (χ4v) is 5.33. The molecule has 1 heterocycles. The zero-order chi connectivity index (χ0) is 28.0. The molecular formula is C25H31Br2N5O6. The molecule has 3 rings (SSSR count). The van der Waals surface area contributed by atoms with Crippen LogP contribution in [0.25, 0.3) is 21.8 Å². The van der Waals surface area contributed by atoms with Crippen molar-refractivity contribution in [2.75, 3.05) is 52.5 Å². The summed E-state index contributed by atoms with van der Waals surface area (Å²) in [6, 6.07) is 4.24. The van der Waals surface area contributed by atoms with Gasteiger partial charge in [-0.05, 0) is 64.1 Å². The maximum atomic E-state index is 12.0. The molecule has 0 amide bonds. The van der Waals surface area contributed by atoms with Gasteiger partial charge in [0.15, 0.2) is 0 Å². The summed E-state index contributed by atoms with van der Waals surface area (Å²) in [5.41, 5.74) is 0.251. The first-order valence-corrected chi connectivity index (χ1v) is 14.0. The molecular weight excluding hydrogens is 626 g/mol. The number of non-ortho nitro benzene ring substituents is 1. The topological polar surface area (TPSA) is 124 Å². The van der Waals surface area contributed by atoms with Gasteiger partial charge in [0.2, 0.25) is 5.75 Å². The minimum Gasteiger partial charge on any atom is -0.491 e. The van der Waals surface area contributed by atoms with Crippen molar-refractivity contribution >= 4 is 65.0 Å². The first-order valence-electron chi connectivity index (χ1n) is 12.4. The lowest BCUT2D eigenvalue weighted by molar-refractivity contribution is -0.385. The highest BCUT2D eigenvalue weighted by Crippen LogP contribution is 2.44. The van der Waals surface area contributed by atoms with E-state index in [9.17, 15) is 20.2 Å². The quantitative estimate of drug-likeness (QED) is 0.114. The van der Waals surface area contributed by atoms with Crippen LogP contribution in [0.15, 0.2) is 27.1 Å². The van der Waals surface area contributed by atoms with E-state index in [1.165, 1.54) is 18.2 Å². The summed E-state index contributed by atoms with van der Waals surface area (Å²) in [6.45, 7) is 13.4. The van der Waals surface area contributed by atoms with Crippen LogP contribution >= 0.6 is 31.9 Å². The Morgan fingerprint density at radius 1 is 0.789 bits per heavy atom. The minimum atomic E-state index is -0.529. The van der Waals surface area contributed by atoms with Crippen LogP contribution in [0.5, 0.6) is 11.5 Å². The third-order valence-electron chi connectivity index (χ3n) is 6.45. The second-order valence-electron chi connectivity index (χ2n) is 8.47. The number of nitro groups is 2. The zero-order valence-corrected chi connectivity index (χ0v) is 25.0. The third-order valence-corrected chi connectivity index (χ3v) is 7.96. The van der Waals surface area contributed by atoms with Crippen LogP contribution in [-0.2, 0) is 0 Å². The van der Waals surface area contributed by atoms with E-state index < -0.39 is 9.85 Å². The SMILES string of the molecule is CCN(CC)CCOc1cc([N+](=O)[O-])c2cc3cc([N+](=O)[O-])c(OCCN(CC)CC)c(Br)c3nc2c1Br. The van der Waals surface area contributed by atoms with Crippen molar-refractivity contribution in [1.82, 2.24) is 14.8 Å². The van der Waals surface area contributed by atoms with E-state index in [-0.39, 0.29) is 29.1 Å². The molecule has 11 nitrogen and oxygen atoms in total. The maximum absolute atomic E-state index is 12.0. The Labute approximate surface area is 237 Å². The Hall–Kier alpha value is -2.61. The number of fused-ring (bicyclic) bond motifs is 2. The maximum Gasteiger partial charge on any atom is 0.312 e. The van der Waals surface area contributed by atoms with Gasteiger partial charge in [0.25, 0.3) is 5.69 Å². The lowest BCUT2D eigenvalue weighted by atomic mass is 10.1. The molecule has 0 aliphatic carbocycles. The fraction of sp³-hybridized carbons (Fsp3) is 0.480. The van der Waals surface area contributed by atoms with Crippen LogP contribution in [0.1, 0.15) is 27.7 Å². The molecule has 0 saturated carbocycles. The number of likely N-dealkylation sites (N-methyl/N-ethyl adjacent to an activating group) is 2. The summed E-state index contributed by atoms with van der Waals surface area (Å²) in [6.07, 6.45) is 0. The van der Waals surface area contributed by atoms with E-state index in [1.807, 2.05) is 13.8 Å². The Morgan fingerprint density at radius 2 is 1.34 bits per heavy atom. The van der Waals surface area contributed by atoms with Crippen LogP contribution in [0.2, 0.25) is 0 Å². The van der Waals surface area contributed by atoms with Gasteiger partial charge in [-0.3, -0.25) is 20.2 Å². The largest absolute Gasteiger partial charge is 0.491 e. The van der Waals surface area contributed by atoms with Crippen LogP contribution in [0, 0.1) is 20.2 Å². The Kier molecular flexibility index (Phi) is 10.6. The third kappa shape index (κ3) is 6.50. The van der Waals surface area contributed by atoms with Crippen molar-refractivity contribution in [3.05, 3.63) is 47.4 Å². The zero-order valence-electron chi connectivity index (χ0n) is 21.8. The van der Waals surface area contributed by atoms with E-state index in [0.29, 0.717) is 50.8 Å². The second-order valence-corrected chi connectivity index (χ2v) is 10.1. The van der Waals surface area contributed by atoms with E-state index >= 15 is 0 Å². The van der Waals surface area contributed by atoms with Crippen molar-refractivity contribution in [1.29, 1.82) is 0 Å². The lowest BCUT2D eigenvalue weighted by Gasteiger charge is -2.19. The minimum absolute atomic E-state index is 0.0683. The second kappa shape index (κ2) is 13.5. The van der Waals surface area contributed by atoms with Crippen molar-refractivity contribution in [2.45, 2.75) is 27.7 Å². The Balaban J connectivity index is 2.12. The van der Waals surface area contributed by atoms with E-state index in [0.717, 1.165) is 26.2 Å². The van der Waals surface area contributed by atoms with Crippen LogP contribution in [0.4, 0.5) is 11.4 Å². The van der Waals surface area contributed by atoms with Gasteiger partial charge in [0, 0.05) is 24.5 Å². The predicted octanol–water partition coefficient (Wildman–Crippen LogP) is 6.17. The van der Waals surface area contributed by atoms with Crippen molar-refractivity contribution in [3.8, 4) is 11.5 Å². The molecule has 13 heteroatoms. The molecule has 0 N–H and O–H groups in total. The van der Waals surface area contributed by atoms with Gasteiger partial charge in [0.05, 0.1) is 41.3 Å². The van der Waals surface area contributed by atoms with Crippen LogP contribution < -0.4 is 9.47 Å². The van der Waals surface area contributed by atoms with Gasteiger partial charge < -0.3 is 19.3 Å². The highest BCUT2D eigenvalue weighted by molar-refractivity contribution is 9.11. The average Bonchev–Trinajstić information content (AvgIpc) is 2.90. The van der Waals surface area contributed by atoms with E-state index in [2.05, 4.69) is 55.5 Å². The van der Waals surface area contributed by atoms with Crippen molar-refractivity contribution in [3.63, 3.8) is 0 Å². The normalized spacial score (nSPS) is 11.6. The number of pyridine rings is 1. The number of nitrogens with zero attached hydrogens (tertiary/aromatic N) is 5. The molecule has 0 saturated heterocycles. The molecule has 0 atom stereocenters. The molecule has 38 heavy (non-hydrogen) atoms. The number of hydrogen-bond acceptors (Lipinski definition) is 9. The van der Waals surface area contributed by atoms with Crippen molar-refractivity contribution < 1.29 is 19.3 Å². The summed E-state index contributed by atoms with van der Waals surface area (Å²) in [5, 5.41) is 24.5. The number of ether oxygens (including phenoxy) is 2. The first kappa shape index (κ1) is 29.9. The molecule has 206 valence electrons. The summed E-state index contributed by atoms with van der Waals surface area (Å²) < 4.78 is 12.6. The number of halogens is 2. The molecule has 1 aromatic heterocycles. The van der Waals surface area contributed by atoms with Gasteiger partial charge in [-0.2, -0.15) is 0 Å². The molecule has 0 spiro atoms. The van der Waals surface area contributed by atoms with E-state index in [4.69, 9.17) is 14.5 Å². The molecule has 0 bridgehead atoms. The Bertz CT molecular complexity index is 1330. The lowest BCUT2D eigenvalue weighted by Crippen LogP contribution is -2.28. The van der Waals surface area contributed by atoms with Gasteiger partial charge in [-0.15, -0.1) is 0 Å². The summed E-state index contributed by atoms with van der Waals surface area (Å²) in [4.78, 5) is 31.8. The summed E-state index contributed by atoms with van der Waals surface area (Å²) in [7, 11) is 0. The summed E-state index contributed by atoms with van der Waals surface area (Å²) >= 11 is 6.98. The number of hydrogen-bond donors (Lipinski definition) is 0. The van der Waals surface area contributed by atoms with Crippen molar-refractivity contribution in [2.24, 2.45) is 0 Å². The monoisotopic (exact) mass is 655 g/mol. The Morgan fingerprint density at radius 3 is 1.87 bits per heavy atom. The summed E-state index contributed by atoms with van der Waals surface area (Å²) in [5.74, 6) is 0.371. The smallest absolute Gasteiger partial charge is 0.312 e. The molecule has 0 aliphatic heterocycles. The molecule has 0 unspecified atom stereocenters. The number of benzene rings is 2. The standard InChI is InChI=1S/C25H31Br2N5O6/c1-5-29(6-2)9-11-37-20-15-18(31(33)34)17-13-16-14-19(32(35)36)25(38-12-10-30(7-3)8-4)22(27)23(16)28-24(17)21(20)26/h13-15H,5-12H2,1-4H3. The first-order chi connectivity index (χ1) is 18.2. The molecule has 2 aromatic carbocycles. The molecule has 3 aromatic rings. The van der Waals surface area contributed by atoms with Gasteiger partial charge in [-0.25, -0.2) is 4.98 Å². The molecule has 0 fully saturated rings. The van der Waals surface area contributed by atoms with Gasteiger partial charge in [0.1, 0.15) is 19.0 Å². The van der Waals surface area contributed by atoms with Gasteiger partial charge in [-0.1, -0.05) is 27.7 Å². The van der Waals surface area contributed by atoms with Crippen LogP contribution in [0.3, 0.4) is 0 Å². The highest BCUT2D eigenvalue weighted by atomic mass is 79.9. The average molecular weight is 657 g/mol. The van der Waals surface area contributed by atoms with E-state index in [1.54, 1.807) is 0 Å². The predicted molar refractivity (Wildman–Crippen MR) is 155 cm³/mol. The molecule has 0 radical (unpaired) electrons.